The highest BCUT2D eigenvalue weighted by Crippen LogP contribution is 2.36. The molecule has 1 aliphatic rings. The van der Waals surface area contributed by atoms with Gasteiger partial charge in [-0.1, -0.05) is 13.8 Å². The fraction of sp³-hybridized carbons (Fsp3) is 0.571. The van der Waals surface area contributed by atoms with Crippen LogP contribution in [0.3, 0.4) is 0 Å². The Morgan fingerprint density at radius 3 is 2.35 bits per heavy atom. The maximum atomic E-state index is 11.3. The number of primary sulfonamides is 1. The Balaban J connectivity index is 2.08. The van der Waals surface area contributed by atoms with Crippen LogP contribution in [0, 0.1) is 5.41 Å². The van der Waals surface area contributed by atoms with Crippen LogP contribution >= 0.6 is 0 Å². The highest BCUT2D eigenvalue weighted by atomic mass is 32.2. The lowest BCUT2D eigenvalue weighted by molar-refractivity contribution is 0.232. The zero-order chi connectivity index (χ0) is 15.0. The third-order valence-corrected chi connectivity index (χ3v) is 4.96. The summed E-state index contributed by atoms with van der Waals surface area (Å²) in [6.07, 6.45) is 4.56. The molecule has 0 spiro atoms. The average Bonchev–Trinajstić information content (AvgIpc) is 2.33. The molecule has 1 aromatic carbocycles. The van der Waals surface area contributed by atoms with Crippen LogP contribution in [0.5, 0.6) is 0 Å². The molecule has 0 saturated heterocycles. The molecule has 0 aliphatic heterocycles. The first-order valence-electron chi connectivity index (χ1n) is 6.86. The van der Waals surface area contributed by atoms with Gasteiger partial charge in [-0.15, -0.1) is 0 Å². The zero-order valence-electron chi connectivity index (χ0n) is 12.0. The number of hydrogen-bond acceptors (Lipinski definition) is 4. The summed E-state index contributed by atoms with van der Waals surface area (Å²) in [6.45, 7) is 4.58. The van der Waals surface area contributed by atoms with E-state index in [2.05, 4.69) is 19.2 Å². The van der Waals surface area contributed by atoms with E-state index in [1.807, 2.05) is 0 Å². The Morgan fingerprint density at radius 1 is 1.25 bits per heavy atom. The summed E-state index contributed by atoms with van der Waals surface area (Å²) in [4.78, 5) is 0.0466. The lowest BCUT2D eigenvalue weighted by Crippen LogP contribution is -2.30. The molecule has 0 heterocycles. The minimum Gasteiger partial charge on any atom is -0.397 e. The van der Waals surface area contributed by atoms with Crippen molar-refractivity contribution < 1.29 is 8.42 Å². The Morgan fingerprint density at radius 2 is 1.85 bits per heavy atom. The molecule has 2 rings (SSSR count). The number of anilines is 2. The molecule has 1 saturated carbocycles. The summed E-state index contributed by atoms with van der Waals surface area (Å²) in [5.74, 6) is 0. The molecule has 20 heavy (non-hydrogen) atoms. The molecule has 0 aromatic heterocycles. The molecule has 112 valence electrons. The van der Waals surface area contributed by atoms with E-state index in [4.69, 9.17) is 10.9 Å². The summed E-state index contributed by atoms with van der Waals surface area (Å²) in [6, 6.07) is 4.98. The number of nitrogens with two attached hydrogens (primary N) is 2. The van der Waals surface area contributed by atoms with Crippen LogP contribution < -0.4 is 16.2 Å². The van der Waals surface area contributed by atoms with E-state index in [1.54, 1.807) is 6.07 Å². The minimum atomic E-state index is -3.70. The molecule has 0 unspecified atom stereocenters. The van der Waals surface area contributed by atoms with Crippen LogP contribution in [0.25, 0.3) is 0 Å². The van der Waals surface area contributed by atoms with Crippen LogP contribution in [0.4, 0.5) is 11.4 Å². The van der Waals surface area contributed by atoms with Crippen molar-refractivity contribution in [3.8, 4) is 0 Å². The van der Waals surface area contributed by atoms with Gasteiger partial charge in [0.1, 0.15) is 0 Å². The van der Waals surface area contributed by atoms with Crippen LogP contribution in [0.2, 0.25) is 0 Å². The van der Waals surface area contributed by atoms with Crippen molar-refractivity contribution >= 4 is 21.4 Å². The van der Waals surface area contributed by atoms with Gasteiger partial charge in [-0.05, 0) is 49.3 Å². The molecule has 1 fully saturated rings. The summed E-state index contributed by atoms with van der Waals surface area (Å²) < 4.78 is 22.5. The van der Waals surface area contributed by atoms with Crippen molar-refractivity contribution in [1.29, 1.82) is 0 Å². The van der Waals surface area contributed by atoms with Gasteiger partial charge in [0.2, 0.25) is 10.0 Å². The van der Waals surface area contributed by atoms with Gasteiger partial charge in [0.05, 0.1) is 16.3 Å². The predicted octanol–water partition coefficient (Wildman–Crippen LogP) is 2.30. The number of hydrogen-bond donors (Lipinski definition) is 3. The van der Waals surface area contributed by atoms with E-state index in [0.29, 0.717) is 17.1 Å². The number of rotatable bonds is 3. The quantitative estimate of drug-likeness (QED) is 0.745. The van der Waals surface area contributed by atoms with E-state index in [1.165, 1.54) is 25.0 Å². The van der Waals surface area contributed by atoms with Gasteiger partial charge in [0.25, 0.3) is 0 Å². The van der Waals surface area contributed by atoms with Crippen LogP contribution in [-0.4, -0.2) is 14.5 Å². The highest BCUT2D eigenvalue weighted by molar-refractivity contribution is 7.89. The van der Waals surface area contributed by atoms with Gasteiger partial charge >= 0.3 is 0 Å². The van der Waals surface area contributed by atoms with Crippen molar-refractivity contribution in [2.24, 2.45) is 10.6 Å². The molecule has 5 nitrogen and oxygen atoms in total. The fourth-order valence-electron chi connectivity index (χ4n) is 2.61. The van der Waals surface area contributed by atoms with E-state index in [9.17, 15) is 8.42 Å². The lowest BCUT2D eigenvalue weighted by Gasteiger charge is -2.35. The molecule has 1 aliphatic carbocycles. The summed E-state index contributed by atoms with van der Waals surface area (Å²) in [5, 5.41) is 8.49. The van der Waals surface area contributed by atoms with E-state index in [0.717, 1.165) is 18.5 Å². The molecular formula is C14H23N3O2S. The zero-order valence-corrected chi connectivity index (χ0v) is 12.8. The molecule has 6 heteroatoms. The van der Waals surface area contributed by atoms with Gasteiger partial charge < -0.3 is 11.1 Å². The van der Waals surface area contributed by atoms with Crippen LogP contribution in [-0.2, 0) is 10.0 Å². The Labute approximate surface area is 120 Å². The van der Waals surface area contributed by atoms with Gasteiger partial charge in [-0.2, -0.15) is 0 Å². The molecule has 0 radical (unpaired) electrons. The van der Waals surface area contributed by atoms with Gasteiger partial charge in [0.15, 0.2) is 0 Å². The van der Waals surface area contributed by atoms with E-state index >= 15 is 0 Å². The van der Waals surface area contributed by atoms with Gasteiger partial charge in [0, 0.05) is 6.04 Å². The first-order chi connectivity index (χ1) is 9.17. The molecule has 0 bridgehead atoms. The number of nitrogens with one attached hydrogen (secondary N) is 1. The van der Waals surface area contributed by atoms with Crippen molar-refractivity contribution in [3.63, 3.8) is 0 Å². The second kappa shape index (κ2) is 5.26. The van der Waals surface area contributed by atoms with Crippen molar-refractivity contribution in [1.82, 2.24) is 0 Å². The number of nitrogen functional groups attached to an aromatic ring is 1. The SMILES string of the molecule is CC1(C)CCC(Nc2ccc(S(N)(=O)=O)cc2N)CC1. The van der Waals surface area contributed by atoms with Crippen LogP contribution in [0.1, 0.15) is 39.5 Å². The monoisotopic (exact) mass is 297 g/mol. The second-order valence-electron chi connectivity index (χ2n) is 6.38. The maximum absolute atomic E-state index is 11.3. The van der Waals surface area contributed by atoms with Gasteiger partial charge in [-0.3, -0.25) is 0 Å². The summed E-state index contributed by atoms with van der Waals surface area (Å²) in [7, 11) is -3.70. The molecule has 5 N–H and O–H groups in total. The molecule has 0 atom stereocenters. The molecular weight excluding hydrogens is 274 g/mol. The Kier molecular flexibility index (Phi) is 3.97. The second-order valence-corrected chi connectivity index (χ2v) is 7.94. The summed E-state index contributed by atoms with van der Waals surface area (Å²) in [5.41, 5.74) is 7.52. The molecule has 0 amide bonds. The first-order valence-corrected chi connectivity index (χ1v) is 8.41. The molecule has 1 aromatic rings. The first kappa shape index (κ1) is 15.1. The third kappa shape index (κ3) is 3.64. The smallest absolute Gasteiger partial charge is 0.238 e. The lowest BCUT2D eigenvalue weighted by atomic mass is 9.75. The van der Waals surface area contributed by atoms with Gasteiger partial charge in [-0.25, -0.2) is 13.6 Å². The average molecular weight is 297 g/mol. The third-order valence-electron chi connectivity index (χ3n) is 4.05. The highest BCUT2D eigenvalue weighted by Gasteiger charge is 2.26. The van der Waals surface area contributed by atoms with Crippen molar-refractivity contribution in [2.75, 3.05) is 11.1 Å². The predicted molar refractivity (Wildman–Crippen MR) is 81.9 cm³/mol. The maximum Gasteiger partial charge on any atom is 0.238 e. The van der Waals surface area contributed by atoms with E-state index in [-0.39, 0.29) is 4.90 Å². The number of benzene rings is 1. The number of sulfonamides is 1. The Hall–Kier alpha value is -1.27. The van der Waals surface area contributed by atoms with E-state index < -0.39 is 10.0 Å². The van der Waals surface area contributed by atoms with Crippen LogP contribution in [0.15, 0.2) is 23.1 Å². The largest absolute Gasteiger partial charge is 0.397 e. The normalized spacial score (nSPS) is 19.8. The fourth-order valence-corrected chi connectivity index (χ4v) is 3.16. The van der Waals surface area contributed by atoms with Crippen molar-refractivity contribution in [2.45, 2.75) is 50.5 Å². The topological polar surface area (TPSA) is 98.2 Å². The Bertz CT molecular complexity index is 586. The minimum absolute atomic E-state index is 0.0466. The summed E-state index contributed by atoms with van der Waals surface area (Å²) >= 11 is 0. The van der Waals surface area contributed by atoms with Crippen molar-refractivity contribution in [3.05, 3.63) is 18.2 Å². The standard InChI is InChI=1S/C14H23N3O2S/c1-14(2)7-5-10(6-8-14)17-13-4-3-11(9-12(13)15)20(16,18)19/h3-4,9-10,17H,5-8,15H2,1-2H3,(H2,16,18,19).